The van der Waals surface area contributed by atoms with Crippen molar-refractivity contribution in [2.24, 2.45) is 0 Å². The van der Waals surface area contributed by atoms with Gasteiger partial charge in [0.1, 0.15) is 5.69 Å². The molecule has 0 aliphatic carbocycles. The molecular weight excluding hydrogens is 382 g/mol. The van der Waals surface area contributed by atoms with Crippen molar-refractivity contribution in [3.63, 3.8) is 0 Å². The SMILES string of the molecule is COC(=O)c1cccc(NC(=O)c2cc(C)nc(Nc3ccc(F)c(F)c3)n2)c1. The summed E-state index contributed by atoms with van der Waals surface area (Å²) in [6.07, 6.45) is 0. The van der Waals surface area contributed by atoms with Crippen molar-refractivity contribution >= 4 is 29.2 Å². The average molecular weight is 398 g/mol. The number of hydrogen-bond donors (Lipinski definition) is 2. The zero-order valence-corrected chi connectivity index (χ0v) is 15.5. The summed E-state index contributed by atoms with van der Waals surface area (Å²) in [6.45, 7) is 1.66. The first-order chi connectivity index (χ1) is 13.9. The van der Waals surface area contributed by atoms with Gasteiger partial charge in [0.15, 0.2) is 11.6 Å². The lowest BCUT2D eigenvalue weighted by Gasteiger charge is -2.10. The quantitative estimate of drug-likeness (QED) is 0.635. The fraction of sp³-hybridized carbons (Fsp3) is 0.100. The monoisotopic (exact) mass is 398 g/mol. The number of aryl methyl sites for hydroxylation is 1. The van der Waals surface area contributed by atoms with Crippen LogP contribution < -0.4 is 10.6 Å². The van der Waals surface area contributed by atoms with E-state index in [0.717, 1.165) is 12.1 Å². The van der Waals surface area contributed by atoms with E-state index in [1.807, 2.05) is 0 Å². The molecule has 9 heteroatoms. The summed E-state index contributed by atoms with van der Waals surface area (Å²) in [7, 11) is 1.26. The molecule has 0 saturated heterocycles. The summed E-state index contributed by atoms with van der Waals surface area (Å²) in [5.41, 5.74) is 1.42. The maximum absolute atomic E-state index is 13.4. The Labute approximate surface area is 164 Å². The van der Waals surface area contributed by atoms with Crippen LogP contribution in [0, 0.1) is 18.6 Å². The summed E-state index contributed by atoms with van der Waals surface area (Å²) < 4.78 is 31.1. The summed E-state index contributed by atoms with van der Waals surface area (Å²) in [5, 5.41) is 5.37. The number of aromatic nitrogens is 2. The molecular formula is C20H16F2N4O3. The summed E-state index contributed by atoms with van der Waals surface area (Å²) >= 11 is 0. The second-order valence-corrected chi connectivity index (χ2v) is 6.00. The number of rotatable bonds is 5. The molecule has 0 saturated carbocycles. The highest BCUT2D eigenvalue weighted by Gasteiger charge is 2.13. The number of ether oxygens (including phenoxy) is 1. The standard InChI is InChI=1S/C20H16F2N4O3/c1-11-8-17(18(27)24-13-5-3-4-12(9-13)19(28)29-2)26-20(23-11)25-14-6-7-15(21)16(22)10-14/h3-10H,1-2H3,(H,24,27)(H,23,25,26). The van der Waals surface area contributed by atoms with Crippen molar-refractivity contribution in [2.75, 3.05) is 17.7 Å². The number of anilines is 3. The highest BCUT2D eigenvalue weighted by molar-refractivity contribution is 6.03. The van der Waals surface area contributed by atoms with Crippen LogP contribution in [0.25, 0.3) is 0 Å². The smallest absolute Gasteiger partial charge is 0.337 e. The van der Waals surface area contributed by atoms with Gasteiger partial charge < -0.3 is 15.4 Å². The van der Waals surface area contributed by atoms with E-state index >= 15 is 0 Å². The van der Waals surface area contributed by atoms with E-state index in [1.54, 1.807) is 25.1 Å². The summed E-state index contributed by atoms with van der Waals surface area (Å²) in [4.78, 5) is 32.4. The van der Waals surface area contributed by atoms with Gasteiger partial charge in [-0.15, -0.1) is 0 Å². The van der Waals surface area contributed by atoms with Gasteiger partial charge in [-0.3, -0.25) is 4.79 Å². The number of methoxy groups -OCH3 is 1. The molecule has 2 aromatic carbocycles. The highest BCUT2D eigenvalue weighted by Crippen LogP contribution is 2.18. The van der Waals surface area contributed by atoms with E-state index in [-0.39, 0.29) is 22.9 Å². The van der Waals surface area contributed by atoms with E-state index < -0.39 is 23.5 Å². The molecule has 0 aliphatic heterocycles. The first-order valence-corrected chi connectivity index (χ1v) is 8.43. The van der Waals surface area contributed by atoms with Gasteiger partial charge in [-0.1, -0.05) is 6.07 Å². The molecule has 7 nitrogen and oxygen atoms in total. The van der Waals surface area contributed by atoms with Crippen LogP contribution in [-0.4, -0.2) is 29.0 Å². The topological polar surface area (TPSA) is 93.2 Å². The van der Waals surface area contributed by atoms with E-state index in [1.165, 1.54) is 25.3 Å². The van der Waals surface area contributed by atoms with Crippen LogP contribution in [0.4, 0.5) is 26.1 Å². The number of esters is 1. The Bertz CT molecular complexity index is 1090. The van der Waals surface area contributed by atoms with Gasteiger partial charge in [-0.2, -0.15) is 0 Å². The van der Waals surface area contributed by atoms with Gasteiger partial charge in [0.25, 0.3) is 5.91 Å². The first-order valence-electron chi connectivity index (χ1n) is 8.43. The fourth-order valence-corrected chi connectivity index (χ4v) is 2.48. The summed E-state index contributed by atoms with van der Waals surface area (Å²) in [5.74, 6) is -3.02. The number of carbonyl (C=O) groups is 2. The second-order valence-electron chi connectivity index (χ2n) is 6.00. The van der Waals surface area contributed by atoms with E-state index in [2.05, 4.69) is 25.3 Å². The Kier molecular flexibility index (Phi) is 5.77. The lowest BCUT2D eigenvalue weighted by Crippen LogP contribution is -2.16. The van der Waals surface area contributed by atoms with E-state index in [9.17, 15) is 18.4 Å². The zero-order chi connectivity index (χ0) is 21.0. The van der Waals surface area contributed by atoms with E-state index in [0.29, 0.717) is 11.4 Å². The van der Waals surface area contributed by atoms with Crippen LogP contribution in [0.1, 0.15) is 26.5 Å². The van der Waals surface area contributed by atoms with Crippen molar-refractivity contribution < 1.29 is 23.1 Å². The fourth-order valence-electron chi connectivity index (χ4n) is 2.48. The molecule has 1 heterocycles. The maximum Gasteiger partial charge on any atom is 0.337 e. The number of hydrogen-bond acceptors (Lipinski definition) is 6. The highest BCUT2D eigenvalue weighted by atomic mass is 19.2. The summed E-state index contributed by atoms with van der Waals surface area (Å²) in [6, 6.07) is 11.0. The number of benzene rings is 2. The lowest BCUT2D eigenvalue weighted by molar-refractivity contribution is 0.0600. The Hall–Kier alpha value is -3.88. The predicted octanol–water partition coefficient (Wildman–Crippen LogP) is 3.85. The van der Waals surface area contributed by atoms with Crippen molar-refractivity contribution in [2.45, 2.75) is 6.92 Å². The van der Waals surface area contributed by atoms with Crippen LogP contribution in [-0.2, 0) is 4.74 Å². The Morgan fingerprint density at radius 2 is 1.76 bits per heavy atom. The Morgan fingerprint density at radius 3 is 2.48 bits per heavy atom. The minimum atomic E-state index is -1.02. The molecule has 3 rings (SSSR count). The van der Waals surface area contributed by atoms with Crippen LogP contribution in [0.2, 0.25) is 0 Å². The van der Waals surface area contributed by atoms with Crippen molar-refractivity contribution in [1.29, 1.82) is 0 Å². The van der Waals surface area contributed by atoms with Gasteiger partial charge in [-0.25, -0.2) is 23.5 Å². The number of carbonyl (C=O) groups excluding carboxylic acids is 2. The van der Waals surface area contributed by atoms with Crippen LogP contribution in [0.3, 0.4) is 0 Å². The Morgan fingerprint density at radius 1 is 0.966 bits per heavy atom. The van der Waals surface area contributed by atoms with Crippen LogP contribution in [0.15, 0.2) is 48.5 Å². The van der Waals surface area contributed by atoms with Crippen molar-refractivity contribution in [1.82, 2.24) is 9.97 Å². The van der Waals surface area contributed by atoms with Gasteiger partial charge in [0.05, 0.1) is 12.7 Å². The molecule has 0 spiro atoms. The van der Waals surface area contributed by atoms with Crippen molar-refractivity contribution in [3.05, 3.63) is 77.1 Å². The molecule has 0 atom stereocenters. The first kappa shape index (κ1) is 19.9. The maximum atomic E-state index is 13.4. The van der Waals surface area contributed by atoms with Crippen molar-refractivity contribution in [3.8, 4) is 0 Å². The third-order valence-corrected chi connectivity index (χ3v) is 3.80. The molecule has 0 bridgehead atoms. The second kappa shape index (κ2) is 8.42. The lowest BCUT2D eigenvalue weighted by atomic mass is 10.2. The average Bonchev–Trinajstić information content (AvgIpc) is 2.70. The molecule has 2 N–H and O–H groups in total. The normalized spacial score (nSPS) is 10.3. The predicted molar refractivity (Wildman–Crippen MR) is 102 cm³/mol. The van der Waals surface area contributed by atoms with Crippen LogP contribution >= 0.6 is 0 Å². The molecule has 1 aromatic heterocycles. The van der Waals surface area contributed by atoms with Crippen LogP contribution in [0.5, 0.6) is 0 Å². The van der Waals surface area contributed by atoms with Gasteiger partial charge in [0.2, 0.25) is 5.95 Å². The number of halogens is 2. The third-order valence-electron chi connectivity index (χ3n) is 3.80. The van der Waals surface area contributed by atoms with Gasteiger partial charge in [-0.05, 0) is 43.3 Å². The molecule has 0 unspecified atom stereocenters. The Balaban J connectivity index is 1.81. The molecule has 1 amide bonds. The molecule has 0 aliphatic rings. The molecule has 29 heavy (non-hydrogen) atoms. The minimum Gasteiger partial charge on any atom is -0.465 e. The largest absolute Gasteiger partial charge is 0.465 e. The molecule has 0 fully saturated rings. The van der Waals surface area contributed by atoms with Gasteiger partial charge in [0, 0.05) is 23.1 Å². The molecule has 148 valence electrons. The van der Waals surface area contributed by atoms with Gasteiger partial charge >= 0.3 is 5.97 Å². The number of amides is 1. The van der Waals surface area contributed by atoms with E-state index in [4.69, 9.17) is 0 Å². The number of nitrogens with one attached hydrogen (secondary N) is 2. The minimum absolute atomic E-state index is 0.0458. The molecule has 0 radical (unpaired) electrons. The zero-order valence-electron chi connectivity index (χ0n) is 15.5. The molecule has 3 aromatic rings. The number of nitrogens with zero attached hydrogens (tertiary/aromatic N) is 2. The third kappa shape index (κ3) is 4.89.